The lowest BCUT2D eigenvalue weighted by atomic mass is 10.2. The molecule has 1 aliphatic rings. The van der Waals surface area contributed by atoms with Crippen LogP contribution in [0, 0.1) is 0 Å². The number of hydrazine groups is 1. The molecule has 0 amide bonds. The average Bonchev–Trinajstić information content (AvgIpc) is 2.27. The van der Waals surface area contributed by atoms with Crippen molar-refractivity contribution >= 4 is 16.8 Å². The fourth-order valence-corrected chi connectivity index (χ4v) is 2.79. The molecule has 88 valence electrons. The summed E-state index contributed by atoms with van der Waals surface area (Å²) in [6.45, 7) is 2.84. The molecule has 0 aromatic carbocycles. The molecule has 0 aliphatic carbocycles. The van der Waals surface area contributed by atoms with Gasteiger partial charge in [0.15, 0.2) is 0 Å². The Morgan fingerprint density at radius 2 is 2.20 bits per heavy atom. The van der Waals surface area contributed by atoms with Gasteiger partial charge in [0.25, 0.3) is 0 Å². The van der Waals surface area contributed by atoms with Crippen LogP contribution in [0.2, 0.25) is 0 Å². The molecular formula is C9H20N4OS. The molecule has 1 fully saturated rings. The number of nitrogens with one attached hydrogen (secondary N) is 2. The van der Waals surface area contributed by atoms with E-state index >= 15 is 0 Å². The highest BCUT2D eigenvalue weighted by molar-refractivity contribution is 7.85. The monoisotopic (exact) mass is 232 g/mol. The number of nitrogens with two attached hydrogens (primary N) is 1. The van der Waals surface area contributed by atoms with Crippen molar-refractivity contribution in [1.29, 1.82) is 0 Å². The summed E-state index contributed by atoms with van der Waals surface area (Å²) in [6, 6.07) is 0.356. The van der Waals surface area contributed by atoms with E-state index in [4.69, 9.17) is 5.84 Å². The second-order valence-corrected chi connectivity index (χ2v) is 5.34. The van der Waals surface area contributed by atoms with Gasteiger partial charge >= 0.3 is 0 Å². The van der Waals surface area contributed by atoms with E-state index in [-0.39, 0.29) is 0 Å². The van der Waals surface area contributed by atoms with Crippen LogP contribution in [0.15, 0.2) is 4.99 Å². The highest BCUT2D eigenvalue weighted by atomic mass is 32.2. The van der Waals surface area contributed by atoms with Crippen LogP contribution in [0.4, 0.5) is 0 Å². The smallest absolute Gasteiger partial charge is 0.205 e. The van der Waals surface area contributed by atoms with Crippen LogP contribution in [0.5, 0.6) is 0 Å². The largest absolute Gasteiger partial charge is 0.353 e. The summed E-state index contributed by atoms with van der Waals surface area (Å²) in [7, 11) is -0.615. The Morgan fingerprint density at radius 1 is 1.53 bits per heavy atom. The van der Waals surface area contributed by atoms with E-state index in [2.05, 4.69) is 22.7 Å². The molecule has 0 aromatic heterocycles. The molecule has 4 N–H and O–H groups in total. The quantitative estimate of drug-likeness (QED) is 0.270. The topological polar surface area (TPSA) is 79.5 Å². The van der Waals surface area contributed by atoms with Crippen LogP contribution in [-0.2, 0) is 10.8 Å². The van der Waals surface area contributed by atoms with Gasteiger partial charge in [-0.25, -0.2) is 5.84 Å². The van der Waals surface area contributed by atoms with Crippen molar-refractivity contribution in [2.45, 2.75) is 32.2 Å². The molecule has 0 atom stereocenters. The van der Waals surface area contributed by atoms with Crippen LogP contribution in [0.3, 0.4) is 0 Å². The lowest BCUT2D eigenvalue weighted by Gasteiger charge is -2.23. The molecule has 0 unspecified atom stereocenters. The maximum Gasteiger partial charge on any atom is 0.205 e. The van der Waals surface area contributed by atoms with Gasteiger partial charge in [-0.15, -0.1) is 0 Å². The molecule has 0 spiro atoms. The minimum absolute atomic E-state index is 0.356. The van der Waals surface area contributed by atoms with Gasteiger partial charge in [-0.3, -0.25) is 14.6 Å². The van der Waals surface area contributed by atoms with Gasteiger partial charge in [0.05, 0.1) is 0 Å². The average molecular weight is 232 g/mol. The Kier molecular flexibility index (Phi) is 5.63. The van der Waals surface area contributed by atoms with Crippen LogP contribution in [-0.4, -0.2) is 34.3 Å². The maximum absolute atomic E-state index is 11.1. The number of nitrogens with zero attached hydrogens (tertiary/aromatic N) is 1. The highest BCUT2D eigenvalue weighted by Crippen LogP contribution is 2.08. The Labute approximate surface area is 93.3 Å². The maximum atomic E-state index is 11.1. The Morgan fingerprint density at radius 3 is 2.73 bits per heavy atom. The molecule has 1 aliphatic heterocycles. The number of aliphatic imine (C=N–C) groups is 1. The number of guanidine groups is 1. The van der Waals surface area contributed by atoms with Crippen LogP contribution in [0.1, 0.15) is 26.2 Å². The molecule has 0 radical (unpaired) electrons. The first kappa shape index (κ1) is 12.4. The summed E-state index contributed by atoms with van der Waals surface area (Å²) in [5.74, 6) is 7.56. The molecule has 6 heteroatoms. The van der Waals surface area contributed by atoms with E-state index in [0.29, 0.717) is 12.0 Å². The Hall–Kier alpha value is -0.620. The van der Waals surface area contributed by atoms with Crippen LogP contribution in [0.25, 0.3) is 0 Å². The van der Waals surface area contributed by atoms with Gasteiger partial charge in [0.2, 0.25) is 5.96 Å². The van der Waals surface area contributed by atoms with Gasteiger partial charge in [0, 0.05) is 34.9 Å². The second kappa shape index (κ2) is 6.79. The predicted octanol–water partition coefficient (Wildman–Crippen LogP) is -0.284. The van der Waals surface area contributed by atoms with Gasteiger partial charge in [0.1, 0.15) is 0 Å². The molecule has 15 heavy (non-hydrogen) atoms. The molecule has 1 heterocycles. The molecule has 0 aromatic rings. The van der Waals surface area contributed by atoms with E-state index in [1.165, 1.54) is 0 Å². The molecular weight excluding hydrogens is 212 g/mol. The number of hydrogen-bond donors (Lipinski definition) is 3. The summed E-state index contributed by atoms with van der Waals surface area (Å²) < 4.78 is 11.1. The summed E-state index contributed by atoms with van der Waals surface area (Å²) in [4.78, 5) is 4.27. The Balaban J connectivity index is 2.35. The fraction of sp³-hybridized carbons (Fsp3) is 0.889. The van der Waals surface area contributed by atoms with Crippen LogP contribution >= 0.6 is 0 Å². The molecule has 0 bridgehead atoms. The zero-order valence-electron chi connectivity index (χ0n) is 9.16. The van der Waals surface area contributed by atoms with Crippen molar-refractivity contribution in [3.8, 4) is 0 Å². The fourth-order valence-electron chi connectivity index (χ4n) is 1.49. The number of hydrogen-bond acceptors (Lipinski definition) is 3. The van der Waals surface area contributed by atoms with Crippen molar-refractivity contribution in [2.75, 3.05) is 18.1 Å². The predicted molar refractivity (Wildman–Crippen MR) is 64.0 cm³/mol. The first-order chi connectivity index (χ1) is 7.26. The van der Waals surface area contributed by atoms with Crippen molar-refractivity contribution in [3.63, 3.8) is 0 Å². The summed E-state index contributed by atoms with van der Waals surface area (Å²) in [5.41, 5.74) is 2.56. The molecule has 1 rings (SSSR count). The van der Waals surface area contributed by atoms with Crippen molar-refractivity contribution in [3.05, 3.63) is 0 Å². The lowest BCUT2D eigenvalue weighted by Crippen LogP contribution is -2.48. The molecule has 0 saturated carbocycles. The third-order valence-corrected chi connectivity index (χ3v) is 3.74. The van der Waals surface area contributed by atoms with E-state index in [1.54, 1.807) is 0 Å². The van der Waals surface area contributed by atoms with Gasteiger partial charge in [-0.05, 0) is 19.3 Å². The zero-order valence-corrected chi connectivity index (χ0v) is 9.98. The van der Waals surface area contributed by atoms with E-state index < -0.39 is 10.8 Å². The number of rotatable bonds is 3. The minimum atomic E-state index is -0.615. The van der Waals surface area contributed by atoms with Crippen molar-refractivity contribution < 1.29 is 4.21 Å². The Bertz CT molecular complexity index is 234. The third-order valence-electron chi connectivity index (χ3n) is 2.36. The summed E-state index contributed by atoms with van der Waals surface area (Å²) in [6.07, 6.45) is 2.86. The first-order valence-electron chi connectivity index (χ1n) is 5.38. The normalized spacial score (nSPS) is 27.5. The second-order valence-electron chi connectivity index (χ2n) is 3.64. The van der Waals surface area contributed by atoms with Crippen molar-refractivity contribution in [1.82, 2.24) is 10.7 Å². The highest BCUT2D eigenvalue weighted by Gasteiger charge is 2.18. The van der Waals surface area contributed by atoms with Gasteiger partial charge in [-0.1, -0.05) is 6.92 Å². The van der Waals surface area contributed by atoms with E-state index in [1.807, 2.05) is 0 Å². The van der Waals surface area contributed by atoms with E-state index in [9.17, 15) is 4.21 Å². The van der Waals surface area contributed by atoms with Crippen LogP contribution < -0.4 is 16.6 Å². The van der Waals surface area contributed by atoms with Gasteiger partial charge < -0.3 is 5.32 Å². The molecule has 5 nitrogen and oxygen atoms in total. The van der Waals surface area contributed by atoms with Gasteiger partial charge in [-0.2, -0.15) is 0 Å². The lowest BCUT2D eigenvalue weighted by molar-refractivity contribution is 0.542. The third kappa shape index (κ3) is 4.61. The van der Waals surface area contributed by atoms with E-state index in [0.717, 1.165) is 37.3 Å². The zero-order chi connectivity index (χ0) is 11.1. The van der Waals surface area contributed by atoms with Crippen molar-refractivity contribution in [2.24, 2.45) is 10.8 Å². The summed E-state index contributed by atoms with van der Waals surface area (Å²) >= 11 is 0. The first-order valence-corrected chi connectivity index (χ1v) is 6.87. The summed E-state index contributed by atoms with van der Waals surface area (Å²) in [5, 5.41) is 3.24. The molecule has 1 saturated heterocycles. The standard InChI is InChI=1S/C9H20N4OS/c1-2-5-11-9(13-10)12-8-3-6-15(14)7-4-8/h8H,2-7,10H2,1H3,(H2,11,12,13). The minimum Gasteiger partial charge on any atom is -0.353 e. The SMILES string of the molecule is CCCN=C(NN)NC1CCS(=O)CC1.